The topological polar surface area (TPSA) is 68.3 Å². The molecule has 0 atom stereocenters. The summed E-state index contributed by atoms with van der Waals surface area (Å²) < 4.78 is 66.5. The first-order valence-corrected chi connectivity index (χ1v) is 5.98. The minimum Gasteiger partial charge on any atom is -0.189 e. The average molecular weight is 242 g/mol. The molecule has 1 aromatic carbocycles. The summed E-state index contributed by atoms with van der Waals surface area (Å²) in [5, 5.41) is 0. The van der Waals surface area contributed by atoms with Gasteiger partial charge < -0.3 is 0 Å². The summed E-state index contributed by atoms with van der Waals surface area (Å²) in [5.41, 5.74) is 0. The van der Waals surface area contributed by atoms with Gasteiger partial charge in [0.25, 0.3) is 0 Å². The van der Waals surface area contributed by atoms with Crippen LogP contribution in [0.15, 0.2) is 34.1 Å². The van der Waals surface area contributed by atoms with E-state index in [2.05, 4.69) is 0 Å². The van der Waals surface area contributed by atoms with E-state index < -0.39 is 30.2 Å². The summed E-state index contributed by atoms with van der Waals surface area (Å²) in [6, 6.07) is 3.51. The summed E-state index contributed by atoms with van der Waals surface area (Å²) in [4.78, 5) is -2.38. The van der Waals surface area contributed by atoms with Crippen LogP contribution in [0.3, 0.4) is 0 Å². The predicted molar refractivity (Wildman–Crippen MR) is 43.0 cm³/mol. The zero-order chi connectivity index (χ0) is 11.0. The molecule has 0 bridgehead atoms. The van der Waals surface area contributed by atoms with Gasteiger partial charge in [0.2, 0.25) is 0 Å². The first kappa shape index (κ1) is 11.1. The van der Waals surface area contributed by atoms with Crippen LogP contribution < -0.4 is 0 Å². The second-order valence-corrected chi connectivity index (χ2v) is 4.95. The summed E-state index contributed by atoms with van der Waals surface area (Å²) >= 11 is 0. The van der Waals surface area contributed by atoms with E-state index in [-0.39, 0.29) is 0 Å². The summed E-state index contributed by atoms with van der Waals surface area (Å²) in [6.45, 7) is 0. The van der Waals surface area contributed by atoms with Gasteiger partial charge in [-0.25, -0.2) is 0 Å². The Bertz CT molecular complexity index is 496. The summed E-state index contributed by atoms with van der Waals surface area (Å²) in [5.74, 6) is 0. The van der Waals surface area contributed by atoms with Crippen molar-refractivity contribution in [1.29, 1.82) is 0 Å². The van der Waals surface area contributed by atoms with Crippen LogP contribution >= 0.6 is 0 Å². The van der Waals surface area contributed by atoms with Crippen LogP contribution in [0.2, 0.25) is 0 Å². The van der Waals surface area contributed by atoms with Crippen molar-refractivity contribution in [2.24, 2.45) is 0 Å². The second kappa shape index (κ2) is 3.28. The lowest BCUT2D eigenvalue weighted by molar-refractivity contribution is 0.535. The lowest BCUT2D eigenvalue weighted by atomic mass is 10.4. The van der Waals surface area contributed by atoms with E-state index in [4.69, 9.17) is 0 Å². The molecular weight excluding hydrogens is 238 g/mol. The Kier molecular flexibility index (Phi) is 2.59. The maximum absolute atomic E-state index is 12.5. The average Bonchev–Trinajstić information content (AvgIpc) is 2.01. The molecule has 78 valence electrons. The molecule has 1 aromatic rings. The fourth-order valence-corrected chi connectivity index (χ4v) is 2.55. The first-order chi connectivity index (χ1) is 6.23. The van der Waals surface area contributed by atoms with Crippen molar-refractivity contribution in [2.45, 2.75) is 9.79 Å². The molecule has 0 aliphatic rings. The number of halogens is 2. The monoisotopic (exact) mass is 242 g/mol. The van der Waals surface area contributed by atoms with Crippen LogP contribution in [0.25, 0.3) is 0 Å². The van der Waals surface area contributed by atoms with E-state index >= 15 is 0 Å². The third-order valence-electron chi connectivity index (χ3n) is 1.37. The molecule has 0 saturated heterocycles. The molecule has 0 fully saturated rings. The standard InChI is InChI=1S/C6H4F2O4S2/c7-13(9,10)5-3-1-2-4-6(5)14(8,11)12/h1-4H. The largest absolute Gasteiger partial charge is 0.333 e. The van der Waals surface area contributed by atoms with Gasteiger partial charge in [-0.3, -0.25) is 0 Å². The van der Waals surface area contributed by atoms with Gasteiger partial charge in [0.05, 0.1) is 0 Å². The van der Waals surface area contributed by atoms with E-state index in [0.717, 1.165) is 12.1 Å². The Morgan fingerprint density at radius 3 is 1.29 bits per heavy atom. The summed E-state index contributed by atoms with van der Waals surface area (Å²) in [6.07, 6.45) is 0. The van der Waals surface area contributed by atoms with Crippen LogP contribution in [-0.4, -0.2) is 16.8 Å². The van der Waals surface area contributed by atoms with Gasteiger partial charge in [0.1, 0.15) is 9.79 Å². The van der Waals surface area contributed by atoms with Crippen LogP contribution in [0, 0.1) is 0 Å². The van der Waals surface area contributed by atoms with E-state index in [1.54, 1.807) is 0 Å². The third kappa shape index (κ3) is 2.26. The quantitative estimate of drug-likeness (QED) is 0.725. The Hall–Kier alpha value is -1.02. The molecule has 14 heavy (non-hydrogen) atoms. The zero-order valence-electron chi connectivity index (χ0n) is 6.51. The lowest BCUT2D eigenvalue weighted by Crippen LogP contribution is -2.01. The Morgan fingerprint density at radius 1 is 0.786 bits per heavy atom. The van der Waals surface area contributed by atoms with Crippen molar-refractivity contribution < 1.29 is 24.6 Å². The van der Waals surface area contributed by atoms with Gasteiger partial charge in [-0.2, -0.15) is 16.8 Å². The molecule has 8 heteroatoms. The summed E-state index contributed by atoms with van der Waals surface area (Å²) in [7, 11) is -10.5. The van der Waals surface area contributed by atoms with Crippen LogP contribution in [0.5, 0.6) is 0 Å². The zero-order valence-corrected chi connectivity index (χ0v) is 8.15. The molecule has 0 amide bonds. The molecule has 1 rings (SSSR count). The van der Waals surface area contributed by atoms with E-state index in [9.17, 15) is 24.6 Å². The number of hydrogen-bond donors (Lipinski definition) is 0. The normalized spacial score (nSPS) is 12.7. The Morgan fingerprint density at radius 2 is 1.07 bits per heavy atom. The molecular formula is C6H4F2O4S2. The highest BCUT2D eigenvalue weighted by Gasteiger charge is 2.25. The fraction of sp³-hybridized carbons (Fsp3) is 0. The molecule has 4 nitrogen and oxygen atoms in total. The van der Waals surface area contributed by atoms with E-state index in [0.29, 0.717) is 12.1 Å². The maximum Gasteiger partial charge on any atom is 0.333 e. The van der Waals surface area contributed by atoms with Crippen molar-refractivity contribution in [1.82, 2.24) is 0 Å². The molecule has 0 heterocycles. The highest BCUT2D eigenvalue weighted by Crippen LogP contribution is 2.23. The van der Waals surface area contributed by atoms with Gasteiger partial charge >= 0.3 is 20.4 Å². The molecule has 0 saturated carbocycles. The fourth-order valence-electron chi connectivity index (χ4n) is 0.853. The van der Waals surface area contributed by atoms with Crippen molar-refractivity contribution in [3.8, 4) is 0 Å². The minimum absolute atomic E-state index is 0.668. The highest BCUT2D eigenvalue weighted by molar-refractivity contribution is 7.89. The van der Waals surface area contributed by atoms with Gasteiger partial charge in [0, 0.05) is 0 Å². The number of benzene rings is 1. The predicted octanol–water partition coefficient (Wildman–Crippen LogP) is 1.00. The number of hydrogen-bond acceptors (Lipinski definition) is 4. The van der Waals surface area contributed by atoms with Crippen LogP contribution in [0.4, 0.5) is 7.77 Å². The van der Waals surface area contributed by atoms with Crippen molar-refractivity contribution in [3.63, 3.8) is 0 Å². The van der Waals surface area contributed by atoms with Gasteiger partial charge in [-0.15, -0.1) is 7.77 Å². The van der Waals surface area contributed by atoms with Gasteiger partial charge in [-0.1, -0.05) is 12.1 Å². The van der Waals surface area contributed by atoms with E-state index in [1.807, 2.05) is 0 Å². The minimum atomic E-state index is -5.24. The Balaban J connectivity index is 3.64. The molecule has 0 N–H and O–H groups in total. The molecule has 0 unspecified atom stereocenters. The van der Waals surface area contributed by atoms with Crippen molar-refractivity contribution in [3.05, 3.63) is 24.3 Å². The molecule has 0 spiro atoms. The smallest absolute Gasteiger partial charge is 0.189 e. The van der Waals surface area contributed by atoms with E-state index in [1.165, 1.54) is 0 Å². The molecule has 0 aromatic heterocycles. The molecule has 0 radical (unpaired) electrons. The number of rotatable bonds is 2. The third-order valence-corrected chi connectivity index (χ3v) is 3.27. The van der Waals surface area contributed by atoms with Crippen molar-refractivity contribution in [2.75, 3.05) is 0 Å². The second-order valence-electron chi connectivity index (χ2n) is 2.32. The van der Waals surface area contributed by atoms with Gasteiger partial charge in [0.15, 0.2) is 0 Å². The van der Waals surface area contributed by atoms with Crippen molar-refractivity contribution >= 4 is 20.4 Å². The maximum atomic E-state index is 12.5. The van der Waals surface area contributed by atoms with Crippen LogP contribution in [0.1, 0.15) is 0 Å². The SMILES string of the molecule is O=S(=O)(F)c1ccccc1S(=O)(=O)F. The molecule has 0 aliphatic carbocycles. The first-order valence-electron chi connectivity index (χ1n) is 3.21. The lowest BCUT2D eigenvalue weighted by Gasteiger charge is -1.99. The highest BCUT2D eigenvalue weighted by atomic mass is 32.3. The van der Waals surface area contributed by atoms with Crippen LogP contribution in [-0.2, 0) is 20.4 Å². The Labute approximate surface area is 79.6 Å². The molecule has 0 aliphatic heterocycles. The van der Waals surface area contributed by atoms with Gasteiger partial charge in [-0.05, 0) is 12.1 Å².